The van der Waals surface area contributed by atoms with E-state index in [0.29, 0.717) is 0 Å². The van der Waals surface area contributed by atoms with Crippen LogP contribution in [0, 0.1) is 6.61 Å². The Morgan fingerprint density at radius 1 is 1.23 bits per heavy atom. The Labute approximate surface area is 85.1 Å². The van der Waals surface area contributed by atoms with Gasteiger partial charge in [0, 0.05) is 0 Å². The van der Waals surface area contributed by atoms with E-state index in [2.05, 4.69) is 0 Å². The van der Waals surface area contributed by atoms with Gasteiger partial charge in [-0.15, -0.1) is 0 Å². The average Bonchev–Trinajstić information content (AvgIpc) is 2.01. The van der Waals surface area contributed by atoms with Gasteiger partial charge in [0.25, 0.3) is 0 Å². The van der Waals surface area contributed by atoms with Crippen LogP contribution in [0.3, 0.4) is 0 Å². The molecule has 84 valence electrons. The smallest absolute Gasteiger partial charge is 0.693 e. The normalized spacial score (nSPS) is 15.2. The van der Waals surface area contributed by atoms with Crippen molar-refractivity contribution in [2.75, 3.05) is 6.61 Å². The molecule has 0 amide bonds. The van der Waals surface area contributed by atoms with E-state index in [9.17, 15) is 0 Å². The fourth-order valence-electron chi connectivity index (χ4n) is 0.449. The summed E-state index contributed by atoms with van der Waals surface area (Å²) in [7, 11) is 0. The van der Waals surface area contributed by atoms with Crippen LogP contribution in [0.2, 0.25) is 0 Å². The molecule has 13 heavy (non-hydrogen) atoms. The first-order valence-electron chi connectivity index (χ1n) is 2.85. The molecule has 0 aromatic rings. The summed E-state index contributed by atoms with van der Waals surface area (Å²) in [6.07, 6.45) is -3.85. The average molecular weight is 242 g/mol. The molecule has 0 fully saturated rings. The van der Waals surface area contributed by atoms with Crippen molar-refractivity contribution in [3.8, 4) is 0 Å². The number of nitrogens with two attached hydrogens (primary N) is 1. The Morgan fingerprint density at radius 3 is 1.85 bits per heavy atom. The number of aliphatic hydroxyl groups excluding tert-OH is 4. The van der Waals surface area contributed by atoms with Gasteiger partial charge in [0.2, 0.25) is 5.79 Å². The van der Waals surface area contributed by atoms with Crippen molar-refractivity contribution >= 4 is 0 Å². The minimum absolute atomic E-state index is 0. The SMILES string of the molecule is O[CH-][C@@H](O)[C@H](O)C(O)(O)CO.[NH2-].[Ni+2]. The Bertz CT molecular complexity index is 124. The zero-order chi connectivity index (χ0) is 9.07. The first-order chi connectivity index (χ1) is 4.95. The van der Waals surface area contributed by atoms with Crippen molar-refractivity contribution in [1.29, 1.82) is 0 Å². The quantitative estimate of drug-likeness (QED) is 0.184. The molecule has 8 heteroatoms. The second-order valence-electron chi connectivity index (χ2n) is 2.12. The summed E-state index contributed by atoms with van der Waals surface area (Å²) in [5.41, 5.74) is 0. The zero-order valence-electron chi connectivity index (χ0n) is 6.52. The third kappa shape index (κ3) is 5.50. The predicted molar refractivity (Wildman–Crippen MR) is 37.8 cm³/mol. The van der Waals surface area contributed by atoms with Crippen molar-refractivity contribution in [1.82, 2.24) is 0 Å². The molecule has 0 aromatic heterocycles. The van der Waals surface area contributed by atoms with Gasteiger partial charge in [-0.25, -0.2) is 0 Å². The fraction of sp³-hybridized carbons (Fsp3) is 0.800. The van der Waals surface area contributed by atoms with E-state index < -0.39 is 24.6 Å². The third-order valence-corrected chi connectivity index (χ3v) is 1.18. The van der Waals surface area contributed by atoms with E-state index in [1.807, 2.05) is 0 Å². The molecular formula is C5H13NNiO6. The van der Waals surface area contributed by atoms with Crippen molar-refractivity contribution in [2.45, 2.75) is 18.0 Å². The maximum Gasteiger partial charge on any atom is 2.00 e. The third-order valence-electron chi connectivity index (χ3n) is 1.18. The molecule has 0 radical (unpaired) electrons. The molecule has 0 aromatic carbocycles. The van der Waals surface area contributed by atoms with Crippen LogP contribution in [0.15, 0.2) is 0 Å². The largest absolute Gasteiger partial charge is 2.00 e. The van der Waals surface area contributed by atoms with Crippen LogP contribution in [0.5, 0.6) is 0 Å². The minimum Gasteiger partial charge on any atom is -0.693 e. The van der Waals surface area contributed by atoms with Crippen molar-refractivity contribution in [3.63, 3.8) is 0 Å². The second kappa shape index (κ2) is 7.60. The van der Waals surface area contributed by atoms with Gasteiger partial charge in [-0.05, 0) is 6.10 Å². The summed E-state index contributed by atoms with van der Waals surface area (Å²) >= 11 is 0. The van der Waals surface area contributed by atoms with Crippen molar-refractivity contribution in [2.24, 2.45) is 0 Å². The summed E-state index contributed by atoms with van der Waals surface area (Å²) < 4.78 is 0. The topological polar surface area (TPSA) is 155 Å². The standard InChI is InChI=1S/C5H11O6.H2N.Ni/c6-1-3(8)4(9)5(10,11)2-7;;/h1,3-4,6-11H,2H2;1H2;/q2*-1;+2/t3-,4+;;/m1../s1. The van der Waals surface area contributed by atoms with Crippen LogP contribution < -0.4 is 0 Å². The minimum atomic E-state index is -2.81. The second-order valence-corrected chi connectivity index (χ2v) is 2.12. The van der Waals surface area contributed by atoms with Crippen LogP contribution in [0.4, 0.5) is 0 Å². The molecule has 8 N–H and O–H groups in total. The van der Waals surface area contributed by atoms with Crippen LogP contribution in [-0.2, 0) is 16.5 Å². The van der Waals surface area contributed by atoms with Crippen LogP contribution in [-0.4, -0.2) is 55.2 Å². The number of hydrogen-bond acceptors (Lipinski definition) is 6. The Morgan fingerprint density at radius 2 is 1.62 bits per heavy atom. The van der Waals surface area contributed by atoms with Gasteiger partial charge >= 0.3 is 16.5 Å². The van der Waals surface area contributed by atoms with E-state index in [-0.39, 0.29) is 29.2 Å². The molecule has 0 spiro atoms. The summed E-state index contributed by atoms with van der Waals surface area (Å²) in [6, 6.07) is 0. The molecule has 0 heterocycles. The predicted octanol–water partition coefficient (Wildman–Crippen LogP) is -2.37. The number of rotatable bonds is 4. The Kier molecular flexibility index (Phi) is 11.0. The molecule has 0 rings (SSSR count). The van der Waals surface area contributed by atoms with Gasteiger partial charge in [-0.2, -0.15) is 6.61 Å². The fourth-order valence-corrected chi connectivity index (χ4v) is 0.449. The van der Waals surface area contributed by atoms with Crippen molar-refractivity contribution in [3.05, 3.63) is 12.8 Å². The number of aliphatic hydroxyl groups is 6. The molecule has 0 aliphatic rings. The van der Waals surface area contributed by atoms with E-state index >= 15 is 0 Å². The summed E-state index contributed by atoms with van der Waals surface area (Å²) in [5, 5.41) is 51.0. The maximum atomic E-state index is 8.74. The van der Waals surface area contributed by atoms with Gasteiger partial charge in [0.1, 0.15) is 6.10 Å². The molecule has 0 bridgehead atoms. The first-order valence-corrected chi connectivity index (χ1v) is 2.85. The molecule has 0 saturated carbocycles. The van der Waals surface area contributed by atoms with E-state index in [4.69, 9.17) is 30.6 Å². The van der Waals surface area contributed by atoms with Gasteiger partial charge in [-0.1, -0.05) is 0 Å². The molecule has 0 unspecified atom stereocenters. The molecule has 0 aliphatic carbocycles. The van der Waals surface area contributed by atoms with E-state index in [1.165, 1.54) is 0 Å². The van der Waals surface area contributed by atoms with Gasteiger partial charge in [0.05, 0.1) is 6.61 Å². The molecule has 2 atom stereocenters. The summed E-state index contributed by atoms with van der Waals surface area (Å²) in [6.45, 7) is -0.958. The monoisotopic (exact) mass is 241 g/mol. The van der Waals surface area contributed by atoms with Crippen LogP contribution >= 0.6 is 0 Å². The Balaban J connectivity index is -0.000000500. The first kappa shape index (κ1) is 18.9. The van der Waals surface area contributed by atoms with Crippen molar-refractivity contribution < 1.29 is 47.1 Å². The zero-order valence-corrected chi connectivity index (χ0v) is 7.50. The molecular weight excluding hydrogens is 229 g/mol. The van der Waals surface area contributed by atoms with Crippen LogP contribution in [0.1, 0.15) is 0 Å². The maximum absolute atomic E-state index is 8.74. The molecule has 7 nitrogen and oxygen atoms in total. The Hall–Kier alpha value is 0.214. The van der Waals surface area contributed by atoms with E-state index in [1.54, 1.807) is 0 Å². The van der Waals surface area contributed by atoms with E-state index in [0.717, 1.165) is 0 Å². The molecule has 0 saturated heterocycles. The summed E-state index contributed by atoms with van der Waals surface area (Å²) in [5.74, 6) is -2.81. The number of hydrogen-bond donors (Lipinski definition) is 6. The van der Waals surface area contributed by atoms with Crippen LogP contribution in [0.25, 0.3) is 6.15 Å². The summed E-state index contributed by atoms with van der Waals surface area (Å²) in [4.78, 5) is 0. The van der Waals surface area contributed by atoms with Gasteiger partial charge in [0.15, 0.2) is 0 Å². The molecule has 0 aliphatic heterocycles. The van der Waals surface area contributed by atoms with Gasteiger partial charge in [-0.3, -0.25) is 0 Å². The van der Waals surface area contributed by atoms with Gasteiger partial charge < -0.3 is 36.8 Å².